The minimum atomic E-state index is -0.487. The first-order chi connectivity index (χ1) is 35.7. The largest absolute Gasteiger partial charge is 0.444 e. The highest BCUT2D eigenvalue weighted by Crippen LogP contribution is 2.41. The van der Waals surface area contributed by atoms with Crippen LogP contribution in [0.4, 0.5) is 15.4 Å². The van der Waals surface area contributed by atoms with Crippen molar-refractivity contribution in [2.75, 3.05) is 33.1 Å². The van der Waals surface area contributed by atoms with Gasteiger partial charge in [0.25, 0.3) is 0 Å². The van der Waals surface area contributed by atoms with Gasteiger partial charge in [0.1, 0.15) is 44.5 Å². The van der Waals surface area contributed by atoms with Crippen molar-refractivity contribution >= 4 is 72.7 Å². The summed E-state index contributed by atoms with van der Waals surface area (Å²) < 4.78 is 10.5. The van der Waals surface area contributed by atoms with Gasteiger partial charge in [-0.25, -0.2) is 29.5 Å². The van der Waals surface area contributed by atoms with E-state index in [-0.39, 0.29) is 24.3 Å². The zero-order valence-electron chi connectivity index (χ0n) is 47.0. The number of aromatic nitrogens is 4. The van der Waals surface area contributed by atoms with Crippen LogP contribution in [0.3, 0.4) is 0 Å². The number of anilines is 1. The molecule has 0 spiro atoms. The lowest BCUT2D eigenvalue weighted by Crippen LogP contribution is -2.46. The predicted octanol–water partition coefficient (Wildman–Crippen LogP) is 10.3. The number of ether oxygens (including phenoxy) is 2. The van der Waals surface area contributed by atoms with Crippen LogP contribution in [-0.4, -0.2) is 120 Å². The molecule has 420 valence electrons. The standard InChI is InChI=1S/C17H24N4S.C16H30N2O4.C9H7ClN2S.C8H18N2.C6H14N2/c1-18-11-6-8-12(9-7-11)21(2)16-15-13-4-3-5-14(13)22-17(15)20-10-19-16;1-15(2,3)21-13(19)17-11-7-9-12(10-8-11)18-14(20)22-16(4,5)6;10-8-7-5-2-1-3-6(5)13-9(7)12-4-11-8;1-9-7-3-5-8(10-2)6-4-7;7-5-1-2-6(8)4-3-5/h10-12,18H,3-9H2,1-2H3;11-12H,7-10H2,1-6H3,(H,17,19)(H,18,20);4H,1-3H2;7-10H,3-6H2,1-2H3;5-6H,1-4,7-8H2. The summed E-state index contributed by atoms with van der Waals surface area (Å²) in [4.78, 5) is 48.6. The van der Waals surface area contributed by atoms with Crippen LogP contribution in [0.1, 0.15) is 178 Å². The number of aryl methyl sites for hydroxylation is 4. The average Bonchev–Trinajstić information content (AvgIpc) is 4.19. The maximum atomic E-state index is 11.7. The molecule has 9 N–H and O–H groups in total. The fourth-order valence-corrected chi connectivity index (χ4v) is 13.9. The van der Waals surface area contributed by atoms with E-state index in [9.17, 15) is 9.59 Å². The molecule has 6 aliphatic rings. The van der Waals surface area contributed by atoms with E-state index in [2.05, 4.69) is 79.6 Å². The number of fused-ring (bicyclic) bond motifs is 6. The Balaban J connectivity index is 0.000000160. The first-order valence-corrected chi connectivity index (χ1v) is 30.2. The highest BCUT2D eigenvalue weighted by Gasteiger charge is 2.30. The zero-order valence-corrected chi connectivity index (χ0v) is 49.4. The number of rotatable bonds is 7. The van der Waals surface area contributed by atoms with Crippen LogP contribution in [-0.2, 0) is 35.2 Å². The van der Waals surface area contributed by atoms with Crippen molar-refractivity contribution in [2.45, 2.75) is 242 Å². The maximum Gasteiger partial charge on any atom is 0.407 e. The van der Waals surface area contributed by atoms with E-state index in [0.717, 1.165) is 85.9 Å². The molecule has 19 heteroatoms. The van der Waals surface area contributed by atoms with Gasteiger partial charge in [-0.3, -0.25) is 0 Å². The third-order valence-electron chi connectivity index (χ3n) is 15.5. The number of carbonyl (C=O) groups is 2. The number of nitrogens with one attached hydrogen (secondary N) is 5. The highest BCUT2D eigenvalue weighted by atomic mass is 35.5. The molecule has 75 heavy (non-hydrogen) atoms. The normalized spacial score (nSPS) is 25.3. The van der Waals surface area contributed by atoms with E-state index >= 15 is 0 Å². The zero-order chi connectivity index (χ0) is 54.3. The van der Waals surface area contributed by atoms with E-state index in [1.165, 1.54) is 116 Å². The second-order valence-corrected chi connectivity index (χ2v) is 26.0. The minimum Gasteiger partial charge on any atom is -0.444 e. The van der Waals surface area contributed by atoms with E-state index in [1.54, 1.807) is 22.5 Å². The van der Waals surface area contributed by atoms with E-state index < -0.39 is 11.2 Å². The number of amides is 2. The van der Waals surface area contributed by atoms with Crippen molar-refractivity contribution in [1.82, 2.24) is 46.5 Å². The van der Waals surface area contributed by atoms with Gasteiger partial charge < -0.3 is 52.4 Å². The number of alkyl carbamates (subject to hydrolysis) is 2. The lowest BCUT2D eigenvalue weighted by atomic mass is 9.90. The summed E-state index contributed by atoms with van der Waals surface area (Å²) in [5, 5.41) is 18.9. The molecule has 4 heterocycles. The Morgan fingerprint density at radius 1 is 0.560 bits per heavy atom. The Hall–Kier alpha value is -3.49. The monoisotopic (exact) mass is 1100 g/mol. The van der Waals surface area contributed by atoms with Crippen LogP contribution in [0.5, 0.6) is 0 Å². The molecule has 0 radical (unpaired) electrons. The number of halogens is 1. The number of thiophene rings is 2. The Morgan fingerprint density at radius 2 is 0.933 bits per heavy atom. The second-order valence-electron chi connectivity index (χ2n) is 23.5. The van der Waals surface area contributed by atoms with Gasteiger partial charge in [-0.05, 0) is 215 Å². The number of nitrogens with two attached hydrogens (primary N) is 2. The molecule has 0 saturated heterocycles. The van der Waals surface area contributed by atoms with E-state index in [0.29, 0.717) is 29.3 Å². The van der Waals surface area contributed by atoms with Crippen molar-refractivity contribution in [3.63, 3.8) is 0 Å². The third kappa shape index (κ3) is 18.8. The molecular weight excluding hydrogens is 1000 g/mol. The Bertz CT molecular complexity index is 2310. The summed E-state index contributed by atoms with van der Waals surface area (Å²) in [6.07, 6.45) is 28.0. The number of hydrogen-bond donors (Lipinski definition) is 7. The molecule has 4 aromatic heterocycles. The molecule has 16 nitrogen and oxygen atoms in total. The summed E-state index contributed by atoms with van der Waals surface area (Å²) in [6.45, 7) is 11.0. The van der Waals surface area contributed by atoms with Crippen molar-refractivity contribution in [3.05, 3.63) is 38.7 Å². The smallest absolute Gasteiger partial charge is 0.407 e. The Kier molecular flexibility index (Phi) is 23.4. The van der Waals surface area contributed by atoms with Crippen molar-refractivity contribution in [3.8, 4) is 0 Å². The minimum absolute atomic E-state index is 0.103. The second kappa shape index (κ2) is 28.9. The molecule has 2 amide bonds. The molecule has 0 atom stereocenters. The summed E-state index contributed by atoms with van der Waals surface area (Å²) in [5.74, 6) is 1.16. The molecule has 6 aliphatic carbocycles. The molecule has 4 saturated carbocycles. The van der Waals surface area contributed by atoms with Gasteiger partial charge in [0, 0.05) is 65.1 Å². The highest BCUT2D eigenvalue weighted by molar-refractivity contribution is 7.19. The lowest BCUT2D eigenvalue weighted by molar-refractivity contribution is 0.0447. The number of hydrogen-bond acceptors (Lipinski definition) is 16. The summed E-state index contributed by atoms with van der Waals surface area (Å²) in [5.41, 5.74) is 13.2. The topological polar surface area (TPSA) is 220 Å². The molecule has 4 fully saturated rings. The fraction of sp³-hybridized carbons (Fsp3) is 0.750. The fourth-order valence-electron chi connectivity index (χ4n) is 11.1. The quantitative estimate of drug-likeness (QED) is 0.0857. The molecule has 0 aromatic carbocycles. The predicted molar refractivity (Wildman–Crippen MR) is 311 cm³/mol. The molecule has 0 unspecified atom stereocenters. The van der Waals surface area contributed by atoms with Gasteiger partial charge in [0.05, 0.1) is 10.8 Å². The summed E-state index contributed by atoms with van der Waals surface area (Å²) >= 11 is 9.68. The Morgan fingerprint density at radius 3 is 1.35 bits per heavy atom. The lowest BCUT2D eigenvalue weighted by Gasteiger charge is -2.35. The molecule has 0 bridgehead atoms. The van der Waals surface area contributed by atoms with Crippen LogP contribution in [0.25, 0.3) is 20.4 Å². The van der Waals surface area contributed by atoms with Crippen LogP contribution >= 0.6 is 34.3 Å². The first kappa shape index (κ1) is 60.7. The van der Waals surface area contributed by atoms with Crippen molar-refractivity contribution in [1.29, 1.82) is 0 Å². The van der Waals surface area contributed by atoms with Crippen LogP contribution in [0, 0.1) is 0 Å². The number of carbonyl (C=O) groups excluding carboxylic acids is 2. The summed E-state index contributed by atoms with van der Waals surface area (Å²) in [6, 6.07) is 3.96. The van der Waals surface area contributed by atoms with Gasteiger partial charge in [0.15, 0.2) is 0 Å². The molecule has 4 aromatic rings. The Labute approximate surface area is 461 Å². The summed E-state index contributed by atoms with van der Waals surface area (Å²) in [7, 11) is 8.43. The van der Waals surface area contributed by atoms with Crippen LogP contribution < -0.4 is 43.0 Å². The van der Waals surface area contributed by atoms with E-state index in [4.69, 9.17) is 32.5 Å². The SMILES string of the molecule is CC(C)(C)OC(=O)NC1CCC(NC(=O)OC(C)(C)C)CC1.CNC1CCC(N(C)c2ncnc3sc4c(c23)CCC4)CC1.CNC1CCC(NC)CC1.Clc1ncnc2sc3c(c12)CCC3.NC1CCC(N)CC1. The van der Waals surface area contributed by atoms with Gasteiger partial charge in [-0.1, -0.05) is 11.6 Å². The van der Waals surface area contributed by atoms with Crippen molar-refractivity contribution in [2.24, 2.45) is 11.5 Å². The molecule has 0 aliphatic heterocycles. The molecular formula is C56H93ClN12O4S2. The first-order valence-electron chi connectivity index (χ1n) is 28.1. The van der Waals surface area contributed by atoms with Crippen molar-refractivity contribution < 1.29 is 19.1 Å². The van der Waals surface area contributed by atoms with Gasteiger partial charge >= 0.3 is 12.2 Å². The molecule has 10 rings (SSSR count). The van der Waals surface area contributed by atoms with Crippen LogP contribution in [0.2, 0.25) is 5.15 Å². The van der Waals surface area contributed by atoms with Gasteiger partial charge in [0.2, 0.25) is 0 Å². The number of nitrogens with zero attached hydrogens (tertiary/aromatic N) is 5. The van der Waals surface area contributed by atoms with Crippen LogP contribution in [0.15, 0.2) is 12.7 Å². The van der Waals surface area contributed by atoms with Gasteiger partial charge in [-0.15, -0.1) is 22.7 Å². The average molecular weight is 1100 g/mol. The third-order valence-corrected chi connectivity index (χ3v) is 18.1. The van der Waals surface area contributed by atoms with E-state index in [1.807, 2.05) is 52.9 Å². The van der Waals surface area contributed by atoms with Gasteiger partial charge in [-0.2, -0.15) is 0 Å². The maximum absolute atomic E-state index is 11.7.